The summed E-state index contributed by atoms with van der Waals surface area (Å²) in [6.45, 7) is 7.56. The van der Waals surface area contributed by atoms with Crippen LogP contribution in [0.1, 0.15) is 55.5 Å². The van der Waals surface area contributed by atoms with Gasteiger partial charge in [-0.3, -0.25) is 0 Å². The first-order valence-electron chi connectivity index (χ1n) is 6.32. The molecule has 0 amide bonds. The Kier molecular flexibility index (Phi) is 2.67. The van der Waals surface area contributed by atoms with Crippen molar-refractivity contribution in [3.63, 3.8) is 0 Å². The van der Waals surface area contributed by atoms with Gasteiger partial charge in [-0.1, -0.05) is 32.1 Å². The highest BCUT2D eigenvalue weighted by Gasteiger charge is 2.25. The molecule has 0 radical (unpaired) electrons. The summed E-state index contributed by atoms with van der Waals surface area (Å²) in [6.07, 6.45) is 2.19. The second-order valence-electron chi connectivity index (χ2n) is 4.90. The van der Waals surface area contributed by atoms with E-state index in [9.17, 15) is 0 Å². The van der Waals surface area contributed by atoms with Crippen molar-refractivity contribution in [1.29, 1.82) is 0 Å². The molecule has 1 aliphatic rings. The van der Waals surface area contributed by atoms with Crippen LogP contribution in [0.4, 0.5) is 0 Å². The minimum atomic E-state index is 0.404. The van der Waals surface area contributed by atoms with Gasteiger partial charge in [-0.25, -0.2) is 9.50 Å². The summed E-state index contributed by atoms with van der Waals surface area (Å²) in [7, 11) is 0. The van der Waals surface area contributed by atoms with Crippen LogP contribution in [0.15, 0.2) is 0 Å². The van der Waals surface area contributed by atoms with Crippen LogP contribution in [-0.4, -0.2) is 21.1 Å². The van der Waals surface area contributed by atoms with E-state index in [0.29, 0.717) is 12.0 Å². The highest BCUT2D eigenvalue weighted by atomic mass is 32.1. The van der Waals surface area contributed by atoms with Crippen molar-refractivity contribution in [2.24, 2.45) is 0 Å². The third kappa shape index (κ3) is 1.68. The van der Waals surface area contributed by atoms with Crippen LogP contribution in [0.3, 0.4) is 0 Å². The molecule has 0 saturated carbocycles. The van der Waals surface area contributed by atoms with Gasteiger partial charge < -0.3 is 5.32 Å². The maximum atomic E-state index is 4.64. The summed E-state index contributed by atoms with van der Waals surface area (Å²) in [5, 5.41) is 8.20. The average molecular weight is 250 g/mol. The van der Waals surface area contributed by atoms with Crippen LogP contribution < -0.4 is 5.32 Å². The Balaban J connectivity index is 2.13. The molecule has 0 bridgehead atoms. The SMILES string of the molecule is CCC1NCCc2c1sc1nc(C(C)C)nn21. The van der Waals surface area contributed by atoms with Gasteiger partial charge in [0.05, 0.1) is 5.69 Å². The fourth-order valence-electron chi connectivity index (χ4n) is 2.35. The molecule has 92 valence electrons. The standard InChI is InChI=1S/C12H18N4S/c1-4-8-10-9(5-6-13-8)16-12(17-10)14-11(15-16)7(2)3/h7-8,13H,4-6H2,1-3H3. The minimum absolute atomic E-state index is 0.404. The largest absolute Gasteiger partial charge is 0.309 e. The first kappa shape index (κ1) is 11.2. The number of nitrogens with one attached hydrogen (secondary N) is 1. The summed E-state index contributed by atoms with van der Waals surface area (Å²) < 4.78 is 2.07. The van der Waals surface area contributed by atoms with Crippen molar-refractivity contribution < 1.29 is 0 Å². The number of hydrogen-bond acceptors (Lipinski definition) is 4. The van der Waals surface area contributed by atoms with Crippen LogP contribution in [0.5, 0.6) is 0 Å². The van der Waals surface area contributed by atoms with Crippen LogP contribution in [0, 0.1) is 0 Å². The van der Waals surface area contributed by atoms with Crippen molar-refractivity contribution >= 4 is 16.3 Å². The molecule has 3 heterocycles. The zero-order valence-electron chi connectivity index (χ0n) is 10.5. The molecule has 1 aliphatic heterocycles. The number of rotatable bonds is 2. The molecule has 0 spiro atoms. The van der Waals surface area contributed by atoms with E-state index in [-0.39, 0.29) is 0 Å². The van der Waals surface area contributed by atoms with Gasteiger partial charge in [0.2, 0.25) is 4.96 Å². The Morgan fingerprint density at radius 2 is 2.35 bits per heavy atom. The number of aromatic nitrogens is 3. The summed E-state index contributed by atoms with van der Waals surface area (Å²) in [4.78, 5) is 7.12. The van der Waals surface area contributed by atoms with Gasteiger partial charge in [0.25, 0.3) is 0 Å². The van der Waals surface area contributed by atoms with E-state index in [1.165, 1.54) is 10.6 Å². The van der Waals surface area contributed by atoms with Gasteiger partial charge in [-0.15, -0.1) is 0 Å². The normalized spacial score (nSPS) is 20.1. The Labute approximate surface area is 105 Å². The van der Waals surface area contributed by atoms with E-state index in [4.69, 9.17) is 0 Å². The van der Waals surface area contributed by atoms with Crippen LogP contribution >= 0.6 is 11.3 Å². The van der Waals surface area contributed by atoms with Crippen molar-refractivity contribution in [2.45, 2.75) is 45.6 Å². The predicted octanol–water partition coefficient (Wildman–Crippen LogP) is 2.51. The molecule has 0 fully saturated rings. The first-order valence-corrected chi connectivity index (χ1v) is 7.14. The molecule has 0 saturated heterocycles. The zero-order chi connectivity index (χ0) is 12.0. The number of fused-ring (bicyclic) bond motifs is 3. The molecule has 4 nitrogen and oxygen atoms in total. The van der Waals surface area contributed by atoms with Gasteiger partial charge in [0, 0.05) is 29.8 Å². The van der Waals surface area contributed by atoms with Crippen LogP contribution in [-0.2, 0) is 6.42 Å². The fourth-order valence-corrected chi connectivity index (χ4v) is 3.62. The summed E-state index contributed by atoms with van der Waals surface area (Å²) >= 11 is 1.80. The van der Waals surface area contributed by atoms with E-state index in [2.05, 4.69) is 40.7 Å². The molecule has 1 unspecified atom stereocenters. The lowest BCUT2D eigenvalue weighted by Gasteiger charge is -2.21. The second kappa shape index (κ2) is 4.07. The van der Waals surface area contributed by atoms with Crippen molar-refractivity contribution in [3.8, 4) is 0 Å². The molecule has 1 N–H and O–H groups in total. The van der Waals surface area contributed by atoms with E-state index >= 15 is 0 Å². The second-order valence-corrected chi connectivity index (χ2v) is 5.91. The van der Waals surface area contributed by atoms with Crippen molar-refractivity contribution in [2.75, 3.05) is 6.54 Å². The van der Waals surface area contributed by atoms with E-state index in [1.807, 2.05) is 0 Å². The minimum Gasteiger partial charge on any atom is -0.309 e. The molecule has 2 aromatic heterocycles. The summed E-state index contributed by atoms with van der Waals surface area (Å²) in [5.74, 6) is 1.37. The Hall–Kier alpha value is -0.940. The van der Waals surface area contributed by atoms with Crippen molar-refractivity contribution in [1.82, 2.24) is 19.9 Å². The lowest BCUT2D eigenvalue weighted by Crippen LogP contribution is -2.29. The maximum Gasteiger partial charge on any atom is 0.212 e. The topological polar surface area (TPSA) is 42.2 Å². The van der Waals surface area contributed by atoms with E-state index in [0.717, 1.165) is 30.2 Å². The summed E-state index contributed by atoms with van der Waals surface area (Å²) in [5.41, 5.74) is 1.37. The molecule has 5 heteroatoms. The molecular weight excluding hydrogens is 232 g/mol. The molecular formula is C12H18N4S. The molecule has 0 aromatic carbocycles. The Bertz CT molecular complexity index is 540. The lowest BCUT2D eigenvalue weighted by molar-refractivity contribution is 0.491. The number of nitrogens with zero attached hydrogens (tertiary/aromatic N) is 3. The molecule has 0 aliphatic carbocycles. The van der Waals surface area contributed by atoms with Gasteiger partial charge >= 0.3 is 0 Å². The molecule has 2 aromatic rings. The quantitative estimate of drug-likeness (QED) is 0.890. The third-order valence-electron chi connectivity index (χ3n) is 3.33. The monoisotopic (exact) mass is 250 g/mol. The van der Waals surface area contributed by atoms with Crippen molar-refractivity contribution in [3.05, 3.63) is 16.4 Å². The van der Waals surface area contributed by atoms with Crippen LogP contribution in [0.2, 0.25) is 0 Å². The molecule has 17 heavy (non-hydrogen) atoms. The highest BCUT2D eigenvalue weighted by molar-refractivity contribution is 7.17. The Morgan fingerprint density at radius 1 is 1.53 bits per heavy atom. The van der Waals surface area contributed by atoms with Gasteiger partial charge in [0.15, 0.2) is 5.82 Å². The first-order chi connectivity index (χ1) is 8.20. The number of hydrogen-bond donors (Lipinski definition) is 1. The smallest absolute Gasteiger partial charge is 0.212 e. The molecule has 3 rings (SSSR count). The highest BCUT2D eigenvalue weighted by Crippen LogP contribution is 2.33. The predicted molar refractivity (Wildman–Crippen MR) is 69.7 cm³/mol. The van der Waals surface area contributed by atoms with Gasteiger partial charge in [0.1, 0.15) is 0 Å². The van der Waals surface area contributed by atoms with E-state index < -0.39 is 0 Å². The zero-order valence-corrected chi connectivity index (χ0v) is 11.3. The lowest BCUT2D eigenvalue weighted by atomic mass is 10.1. The fraction of sp³-hybridized carbons (Fsp3) is 0.667. The van der Waals surface area contributed by atoms with Gasteiger partial charge in [-0.2, -0.15) is 5.10 Å². The maximum absolute atomic E-state index is 4.64. The van der Waals surface area contributed by atoms with E-state index in [1.54, 1.807) is 11.3 Å². The van der Waals surface area contributed by atoms with Crippen LogP contribution in [0.25, 0.3) is 4.96 Å². The summed E-state index contributed by atoms with van der Waals surface area (Å²) in [6, 6.07) is 0.495. The number of thiazole rings is 1. The van der Waals surface area contributed by atoms with Gasteiger partial charge in [-0.05, 0) is 6.42 Å². The molecule has 1 atom stereocenters. The average Bonchev–Trinajstić information content (AvgIpc) is 2.85. The third-order valence-corrected chi connectivity index (χ3v) is 4.52. The Morgan fingerprint density at radius 3 is 3.06 bits per heavy atom.